The fraction of sp³-hybridized carbons (Fsp3) is 0.273. The van der Waals surface area contributed by atoms with Crippen LogP contribution in [-0.2, 0) is 16.1 Å². The Bertz CT molecular complexity index is 965. The fourth-order valence-corrected chi connectivity index (χ4v) is 2.82. The average molecular weight is 407 g/mol. The van der Waals surface area contributed by atoms with Crippen molar-refractivity contribution in [1.82, 2.24) is 10.6 Å². The van der Waals surface area contributed by atoms with Crippen molar-refractivity contribution >= 4 is 23.5 Å². The minimum atomic E-state index is -0.260. The Kier molecular flexibility index (Phi) is 8.39. The molecule has 0 saturated heterocycles. The Morgan fingerprint density at radius 2 is 2.00 bits per heavy atom. The summed E-state index contributed by atoms with van der Waals surface area (Å²) >= 11 is 0. The maximum absolute atomic E-state index is 12.5. The van der Waals surface area contributed by atoms with Crippen LogP contribution in [0, 0.1) is 11.5 Å². The number of guanidine groups is 1. The van der Waals surface area contributed by atoms with Gasteiger partial charge in [-0.15, -0.1) is 0 Å². The first kappa shape index (κ1) is 22.4. The lowest BCUT2D eigenvalue weighted by Gasteiger charge is -2.13. The number of nitrogens with two attached hydrogens (primary N) is 1. The molecule has 1 atom stereocenters. The molecule has 0 aliphatic rings. The third-order valence-electron chi connectivity index (χ3n) is 4.29. The highest BCUT2D eigenvalue weighted by Crippen LogP contribution is 2.21. The van der Waals surface area contributed by atoms with E-state index in [0.717, 1.165) is 11.1 Å². The van der Waals surface area contributed by atoms with Crippen LogP contribution in [0.1, 0.15) is 47.7 Å². The van der Waals surface area contributed by atoms with Gasteiger partial charge in [0.1, 0.15) is 0 Å². The van der Waals surface area contributed by atoms with Crippen LogP contribution in [0.5, 0.6) is 0 Å². The number of nitrogens with one attached hydrogen (secondary N) is 2. The van der Waals surface area contributed by atoms with Crippen molar-refractivity contribution in [2.75, 3.05) is 6.61 Å². The van der Waals surface area contributed by atoms with E-state index in [1.54, 1.807) is 37.4 Å². The molecule has 0 aliphatic heterocycles. The zero-order chi connectivity index (χ0) is 21.9. The van der Waals surface area contributed by atoms with Crippen molar-refractivity contribution in [1.29, 1.82) is 5.26 Å². The molecule has 8 nitrogen and oxygen atoms in total. The minimum Gasteiger partial charge on any atom is -0.466 e. The minimum absolute atomic E-state index is 0.0155. The third kappa shape index (κ3) is 6.95. The number of benzene rings is 2. The summed E-state index contributed by atoms with van der Waals surface area (Å²) in [5.41, 5.74) is 8.36. The lowest BCUT2D eigenvalue weighted by atomic mass is 9.96. The van der Waals surface area contributed by atoms with Gasteiger partial charge in [0.05, 0.1) is 18.7 Å². The van der Waals surface area contributed by atoms with Gasteiger partial charge >= 0.3 is 5.97 Å². The van der Waals surface area contributed by atoms with Gasteiger partial charge < -0.3 is 15.8 Å². The van der Waals surface area contributed by atoms with Crippen LogP contribution < -0.4 is 16.4 Å². The number of hydrogen-bond donors (Lipinski definition) is 3. The highest BCUT2D eigenvalue weighted by Gasteiger charge is 2.13. The molecule has 0 fully saturated rings. The zero-order valence-electron chi connectivity index (χ0n) is 17.0. The largest absolute Gasteiger partial charge is 0.466 e. The van der Waals surface area contributed by atoms with Crippen LogP contribution in [-0.4, -0.2) is 24.4 Å². The summed E-state index contributed by atoms with van der Waals surface area (Å²) in [7, 11) is 0. The summed E-state index contributed by atoms with van der Waals surface area (Å²) in [4.78, 5) is 28.2. The van der Waals surface area contributed by atoms with Crippen molar-refractivity contribution in [2.24, 2.45) is 10.7 Å². The van der Waals surface area contributed by atoms with Crippen LogP contribution in [0.4, 0.5) is 5.69 Å². The number of rotatable bonds is 8. The smallest absolute Gasteiger partial charge is 0.306 e. The molecule has 0 bridgehead atoms. The van der Waals surface area contributed by atoms with E-state index in [2.05, 4.69) is 15.6 Å². The summed E-state index contributed by atoms with van der Waals surface area (Å²) in [5.74, 6) is -0.522. The van der Waals surface area contributed by atoms with Crippen molar-refractivity contribution < 1.29 is 14.3 Å². The van der Waals surface area contributed by atoms with E-state index in [1.165, 1.54) is 0 Å². The molecule has 4 N–H and O–H groups in total. The highest BCUT2D eigenvalue weighted by molar-refractivity contribution is 5.95. The Labute approximate surface area is 175 Å². The summed E-state index contributed by atoms with van der Waals surface area (Å²) in [6, 6.07) is 14.4. The van der Waals surface area contributed by atoms with E-state index in [4.69, 9.17) is 15.7 Å². The molecular formula is C22H25N5O3. The lowest BCUT2D eigenvalue weighted by molar-refractivity contribution is -0.143. The van der Waals surface area contributed by atoms with E-state index in [9.17, 15) is 9.59 Å². The molecular weight excluding hydrogens is 382 g/mol. The Hall–Kier alpha value is -3.86. The van der Waals surface area contributed by atoms with E-state index >= 15 is 0 Å². The molecule has 2 aromatic rings. The second kappa shape index (κ2) is 11.2. The highest BCUT2D eigenvalue weighted by atomic mass is 16.5. The van der Waals surface area contributed by atoms with Crippen molar-refractivity contribution in [3.05, 3.63) is 65.2 Å². The first-order valence-electron chi connectivity index (χ1n) is 9.55. The van der Waals surface area contributed by atoms with Crippen molar-refractivity contribution in [3.63, 3.8) is 0 Å². The number of nitrogens with zero attached hydrogens (tertiary/aromatic N) is 2. The summed E-state index contributed by atoms with van der Waals surface area (Å²) in [5, 5.41) is 13.6. The predicted molar refractivity (Wildman–Crippen MR) is 114 cm³/mol. The number of nitriles is 1. The monoisotopic (exact) mass is 407 g/mol. The molecule has 1 amide bonds. The van der Waals surface area contributed by atoms with Crippen molar-refractivity contribution in [2.45, 2.75) is 32.7 Å². The molecule has 156 valence electrons. The molecule has 30 heavy (non-hydrogen) atoms. The number of ether oxygens (including phenoxy) is 1. The lowest BCUT2D eigenvalue weighted by Crippen LogP contribution is -2.26. The molecule has 0 heterocycles. The third-order valence-corrected chi connectivity index (χ3v) is 4.29. The topological polar surface area (TPSA) is 130 Å². The maximum atomic E-state index is 12.5. The van der Waals surface area contributed by atoms with Gasteiger partial charge in [0.25, 0.3) is 5.91 Å². The molecule has 0 aliphatic carbocycles. The molecule has 0 spiro atoms. The first-order valence-corrected chi connectivity index (χ1v) is 9.55. The standard InChI is InChI=1S/C22H25N5O3/c1-3-30-20(28)10-15(2)17-7-4-6-16(11-17)13-25-21(29)18-8-5-9-19(12-18)27-22(24)26-14-23/h4-9,11-12,15H,3,10,13H2,1-2H3,(H,25,29)(H3,24,26,27). The first-order chi connectivity index (χ1) is 14.4. The number of carbonyl (C=O) groups excluding carboxylic acids is 2. The average Bonchev–Trinajstić information content (AvgIpc) is 2.72. The summed E-state index contributed by atoms with van der Waals surface area (Å²) in [6.45, 7) is 4.45. The molecule has 2 aromatic carbocycles. The van der Waals surface area contributed by atoms with Gasteiger partial charge in [0, 0.05) is 12.1 Å². The molecule has 8 heteroatoms. The fourth-order valence-electron chi connectivity index (χ4n) is 2.82. The van der Waals surface area contributed by atoms with Crippen LogP contribution in [0.3, 0.4) is 0 Å². The number of hydrogen-bond acceptors (Lipinski definition) is 5. The summed E-state index contributed by atoms with van der Waals surface area (Å²) in [6.07, 6.45) is 1.99. The normalized spacial score (nSPS) is 11.8. The Morgan fingerprint density at radius 1 is 1.23 bits per heavy atom. The van der Waals surface area contributed by atoms with Gasteiger partial charge in [0.15, 0.2) is 6.19 Å². The molecule has 0 saturated carbocycles. The van der Waals surface area contributed by atoms with E-state index in [-0.39, 0.29) is 23.8 Å². The van der Waals surface area contributed by atoms with Crippen LogP contribution in [0.15, 0.2) is 53.5 Å². The maximum Gasteiger partial charge on any atom is 0.306 e. The zero-order valence-corrected chi connectivity index (χ0v) is 17.0. The second-order valence-corrected chi connectivity index (χ2v) is 6.62. The van der Waals surface area contributed by atoms with Gasteiger partial charge in [-0.1, -0.05) is 37.3 Å². The predicted octanol–water partition coefficient (Wildman–Crippen LogP) is 2.69. The number of carbonyl (C=O) groups is 2. The number of aliphatic imine (C=N–C) groups is 1. The second-order valence-electron chi connectivity index (χ2n) is 6.62. The van der Waals surface area contributed by atoms with Gasteiger partial charge in [-0.25, -0.2) is 4.99 Å². The van der Waals surface area contributed by atoms with Crippen LogP contribution >= 0.6 is 0 Å². The molecule has 1 unspecified atom stereocenters. The molecule has 0 radical (unpaired) electrons. The van der Waals surface area contributed by atoms with Crippen molar-refractivity contribution in [3.8, 4) is 6.19 Å². The molecule has 0 aromatic heterocycles. The molecule has 2 rings (SSSR count). The number of esters is 1. The number of amides is 1. The Morgan fingerprint density at radius 3 is 2.73 bits per heavy atom. The SMILES string of the molecule is CCOC(=O)CC(C)c1cccc(CNC(=O)c2cccc(N=C(N)NC#N)c2)c1. The summed E-state index contributed by atoms with van der Waals surface area (Å²) < 4.78 is 5.01. The van der Waals surface area contributed by atoms with E-state index < -0.39 is 0 Å². The quantitative estimate of drug-likeness (QED) is 0.203. The van der Waals surface area contributed by atoms with E-state index in [1.807, 2.05) is 31.2 Å². The van der Waals surface area contributed by atoms with Gasteiger partial charge in [0.2, 0.25) is 5.96 Å². The van der Waals surface area contributed by atoms with Gasteiger partial charge in [-0.3, -0.25) is 14.9 Å². The van der Waals surface area contributed by atoms with Gasteiger partial charge in [-0.2, -0.15) is 5.26 Å². The Balaban J connectivity index is 2.01. The van der Waals surface area contributed by atoms with Gasteiger partial charge in [-0.05, 0) is 42.2 Å². The van der Waals surface area contributed by atoms with Crippen LogP contribution in [0.2, 0.25) is 0 Å². The van der Waals surface area contributed by atoms with Crippen LogP contribution in [0.25, 0.3) is 0 Å². The van der Waals surface area contributed by atoms with E-state index in [0.29, 0.717) is 30.8 Å².